The lowest BCUT2D eigenvalue weighted by Gasteiger charge is -2.24. The number of carbonyl (C=O) groups excluding carboxylic acids is 4. The van der Waals surface area contributed by atoms with Crippen molar-refractivity contribution in [3.05, 3.63) is 47.5 Å². The number of benzene rings is 2. The summed E-state index contributed by atoms with van der Waals surface area (Å²) in [6, 6.07) is 6.32. The molecule has 2 aromatic rings. The molecule has 2 unspecified atom stereocenters. The summed E-state index contributed by atoms with van der Waals surface area (Å²) in [4.78, 5) is 49.1. The second-order valence-electron chi connectivity index (χ2n) is 8.72. The van der Waals surface area contributed by atoms with E-state index in [-0.39, 0.29) is 47.0 Å². The Balaban J connectivity index is 1.45. The Kier molecular flexibility index (Phi) is 8.56. The predicted octanol–water partition coefficient (Wildman–Crippen LogP) is 0.337. The molecule has 1 fully saturated rings. The molecule has 2 aliphatic rings. The molecule has 2 atom stereocenters. The zero-order valence-corrected chi connectivity index (χ0v) is 22.3. The zero-order chi connectivity index (χ0) is 29.0. The van der Waals surface area contributed by atoms with Crippen LogP contribution in [0.4, 0.5) is 5.69 Å². The van der Waals surface area contributed by atoms with Crippen LogP contribution in [-0.4, -0.2) is 94.4 Å². The van der Waals surface area contributed by atoms with Crippen LogP contribution in [0.2, 0.25) is 0 Å². The standard InChI is InChI=1S/C25H26N2O12S/c1-35-23(30)14-7-15(24(31)36-2)9-16(8-14)26-22(29)13-39-25(32)19-10-17(28)12-27(19)40(33,34)18-3-4-20-21(11-18)38-6-5-37-20/h3-4,7-9,11,17,19,28H,5-6,10,12-13H2,1-2H3,(H,26,29). The number of hydrogen-bond donors (Lipinski definition) is 2. The van der Waals surface area contributed by atoms with Crippen molar-refractivity contribution in [1.82, 2.24) is 4.31 Å². The van der Waals surface area contributed by atoms with Gasteiger partial charge in [-0.25, -0.2) is 18.0 Å². The lowest BCUT2D eigenvalue weighted by atomic mass is 10.1. The largest absolute Gasteiger partial charge is 0.486 e. The summed E-state index contributed by atoms with van der Waals surface area (Å²) in [6.45, 7) is -0.617. The third-order valence-electron chi connectivity index (χ3n) is 6.03. The van der Waals surface area contributed by atoms with Crippen LogP contribution >= 0.6 is 0 Å². The quantitative estimate of drug-likeness (QED) is 0.324. The van der Waals surface area contributed by atoms with Crippen LogP contribution in [0.15, 0.2) is 41.3 Å². The molecular formula is C25H26N2O12S. The molecule has 2 aromatic carbocycles. The smallest absolute Gasteiger partial charge is 0.337 e. The number of nitrogens with zero attached hydrogens (tertiary/aromatic N) is 1. The van der Waals surface area contributed by atoms with E-state index in [0.717, 1.165) is 18.5 Å². The van der Waals surface area contributed by atoms with Crippen molar-refractivity contribution in [2.75, 3.05) is 45.9 Å². The second-order valence-corrected chi connectivity index (χ2v) is 10.6. The zero-order valence-electron chi connectivity index (χ0n) is 21.4. The summed E-state index contributed by atoms with van der Waals surface area (Å²) in [5, 5.41) is 12.6. The van der Waals surface area contributed by atoms with Gasteiger partial charge in [-0.05, 0) is 30.3 Å². The summed E-state index contributed by atoms with van der Waals surface area (Å²) >= 11 is 0. The van der Waals surface area contributed by atoms with E-state index < -0.39 is 52.6 Å². The number of aliphatic hydroxyl groups excluding tert-OH is 1. The molecule has 2 heterocycles. The number of anilines is 1. The monoisotopic (exact) mass is 578 g/mol. The highest BCUT2D eigenvalue weighted by atomic mass is 32.2. The van der Waals surface area contributed by atoms with Crippen LogP contribution in [-0.2, 0) is 33.8 Å². The average molecular weight is 579 g/mol. The fraction of sp³-hybridized carbons (Fsp3) is 0.360. The lowest BCUT2D eigenvalue weighted by Crippen LogP contribution is -2.42. The number of rotatable bonds is 8. The fourth-order valence-corrected chi connectivity index (χ4v) is 5.83. The molecule has 14 nitrogen and oxygen atoms in total. The molecular weight excluding hydrogens is 552 g/mol. The Morgan fingerprint density at radius 1 is 0.975 bits per heavy atom. The van der Waals surface area contributed by atoms with E-state index in [1.807, 2.05) is 0 Å². The SMILES string of the molecule is COC(=O)c1cc(NC(=O)COC(=O)C2CC(O)CN2S(=O)(=O)c2ccc3c(c2)OCCO3)cc(C(=O)OC)c1. The van der Waals surface area contributed by atoms with Crippen molar-refractivity contribution in [2.24, 2.45) is 0 Å². The van der Waals surface area contributed by atoms with Gasteiger partial charge in [-0.3, -0.25) is 9.59 Å². The van der Waals surface area contributed by atoms with Gasteiger partial charge in [0.2, 0.25) is 10.0 Å². The molecule has 0 aromatic heterocycles. The molecule has 2 N–H and O–H groups in total. The molecule has 4 rings (SSSR count). The number of ether oxygens (including phenoxy) is 5. The fourth-order valence-electron chi connectivity index (χ4n) is 4.18. The van der Waals surface area contributed by atoms with Crippen molar-refractivity contribution < 1.29 is 56.4 Å². The minimum Gasteiger partial charge on any atom is -0.486 e. The van der Waals surface area contributed by atoms with Gasteiger partial charge in [-0.2, -0.15) is 4.31 Å². The minimum absolute atomic E-state index is 0.0171. The highest BCUT2D eigenvalue weighted by molar-refractivity contribution is 7.89. The van der Waals surface area contributed by atoms with Crippen LogP contribution in [0.3, 0.4) is 0 Å². The summed E-state index contributed by atoms with van der Waals surface area (Å²) in [5.41, 5.74) is -0.0706. The topological polar surface area (TPSA) is 184 Å². The summed E-state index contributed by atoms with van der Waals surface area (Å²) in [5.74, 6) is -2.82. The Morgan fingerprint density at radius 3 is 2.23 bits per heavy atom. The van der Waals surface area contributed by atoms with Gasteiger partial charge in [0.25, 0.3) is 5.91 Å². The molecule has 214 valence electrons. The number of amides is 1. The summed E-state index contributed by atoms with van der Waals surface area (Å²) in [6.07, 6.45) is -1.38. The Bertz CT molecular complexity index is 1410. The van der Waals surface area contributed by atoms with Crippen molar-refractivity contribution >= 4 is 39.5 Å². The minimum atomic E-state index is -4.27. The molecule has 1 amide bonds. The number of nitrogens with one attached hydrogen (secondary N) is 1. The first-order chi connectivity index (χ1) is 19.0. The van der Waals surface area contributed by atoms with Crippen molar-refractivity contribution in [3.63, 3.8) is 0 Å². The van der Waals surface area contributed by atoms with Gasteiger partial charge >= 0.3 is 17.9 Å². The first kappa shape index (κ1) is 28.8. The number of methoxy groups -OCH3 is 2. The molecule has 0 radical (unpaired) electrons. The maximum atomic E-state index is 13.3. The van der Waals surface area contributed by atoms with E-state index in [1.54, 1.807) is 0 Å². The maximum absolute atomic E-state index is 13.3. The summed E-state index contributed by atoms with van der Waals surface area (Å²) in [7, 11) is -1.99. The van der Waals surface area contributed by atoms with Crippen LogP contribution in [0, 0.1) is 0 Å². The van der Waals surface area contributed by atoms with Crippen LogP contribution in [0.25, 0.3) is 0 Å². The maximum Gasteiger partial charge on any atom is 0.337 e. The third-order valence-corrected chi connectivity index (χ3v) is 7.90. The normalized spacial score (nSPS) is 18.5. The number of fused-ring (bicyclic) bond motifs is 1. The second kappa shape index (κ2) is 11.9. The van der Waals surface area contributed by atoms with Gasteiger partial charge in [0, 0.05) is 24.7 Å². The number of sulfonamides is 1. The van der Waals surface area contributed by atoms with E-state index in [4.69, 9.17) is 14.2 Å². The van der Waals surface area contributed by atoms with Crippen LogP contribution in [0.5, 0.6) is 11.5 Å². The molecule has 0 bridgehead atoms. The van der Waals surface area contributed by atoms with Gasteiger partial charge in [-0.15, -0.1) is 0 Å². The number of aliphatic hydroxyl groups is 1. The lowest BCUT2D eigenvalue weighted by molar-refractivity contribution is -0.150. The van der Waals surface area contributed by atoms with Gasteiger partial charge in [0.1, 0.15) is 19.3 Å². The summed E-state index contributed by atoms with van der Waals surface area (Å²) < 4.78 is 52.7. The molecule has 0 aliphatic carbocycles. The Hall–Kier alpha value is -4.21. The van der Waals surface area contributed by atoms with Crippen molar-refractivity contribution in [2.45, 2.75) is 23.5 Å². The highest BCUT2D eigenvalue weighted by Crippen LogP contribution is 2.35. The Morgan fingerprint density at radius 2 is 1.60 bits per heavy atom. The van der Waals surface area contributed by atoms with E-state index in [0.29, 0.717) is 12.4 Å². The number of β-amino-alcohol motifs (C(OH)–C–C–N with tert-alkyl or cyclic N) is 1. The van der Waals surface area contributed by atoms with E-state index >= 15 is 0 Å². The molecule has 15 heteroatoms. The van der Waals surface area contributed by atoms with Crippen LogP contribution in [0.1, 0.15) is 27.1 Å². The molecule has 1 saturated heterocycles. The first-order valence-electron chi connectivity index (χ1n) is 11.9. The van der Waals surface area contributed by atoms with Gasteiger partial charge < -0.3 is 34.1 Å². The van der Waals surface area contributed by atoms with Crippen molar-refractivity contribution in [1.29, 1.82) is 0 Å². The van der Waals surface area contributed by atoms with E-state index in [9.17, 15) is 32.7 Å². The highest BCUT2D eigenvalue weighted by Gasteiger charge is 2.44. The average Bonchev–Trinajstić information content (AvgIpc) is 3.37. The predicted molar refractivity (Wildman–Crippen MR) is 134 cm³/mol. The molecule has 0 saturated carbocycles. The number of esters is 3. The van der Waals surface area contributed by atoms with Crippen molar-refractivity contribution in [3.8, 4) is 11.5 Å². The molecule has 40 heavy (non-hydrogen) atoms. The van der Waals surface area contributed by atoms with E-state index in [2.05, 4.69) is 14.8 Å². The first-order valence-corrected chi connectivity index (χ1v) is 13.3. The number of hydrogen-bond acceptors (Lipinski definition) is 12. The van der Waals surface area contributed by atoms with Gasteiger partial charge in [0.05, 0.1) is 36.3 Å². The van der Waals surface area contributed by atoms with Gasteiger partial charge in [0.15, 0.2) is 18.1 Å². The van der Waals surface area contributed by atoms with Crippen LogP contribution < -0.4 is 14.8 Å². The van der Waals surface area contributed by atoms with Gasteiger partial charge in [-0.1, -0.05) is 0 Å². The molecule has 2 aliphatic heterocycles. The number of carbonyl (C=O) groups is 4. The van der Waals surface area contributed by atoms with E-state index in [1.165, 1.54) is 36.4 Å². The molecule has 0 spiro atoms. The Labute approximate surface area is 228 Å². The third kappa shape index (κ3) is 6.16.